The summed E-state index contributed by atoms with van der Waals surface area (Å²) in [6, 6.07) is 5.05. The van der Waals surface area contributed by atoms with Gasteiger partial charge in [-0.2, -0.15) is 0 Å². The fraction of sp³-hybridized carbons (Fsp3) is 0.625. The molecule has 0 spiro atoms. The molecule has 19 heavy (non-hydrogen) atoms. The van der Waals surface area contributed by atoms with Crippen molar-refractivity contribution >= 4 is 11.6 Å². The second-order valence-electron chi connectivity index (χ2n) is 5.68. The topological polar surface area (TPSA) is 12.0 Å². The summed E-state index contributed by atoms with van der Waals surface area (Å²) in [7, 11) is 0. The van der Waals surface area contributed by atoms with E-state index >= 15 is 0 Å². The molecule has 1 fully saturated rings. The fourth-order valence-electron chi connectivity index (χ4n) is 3.17. The van der Waals surface area contributed by atoms with Gasteiger partial charge in [-0.15, -0.1) is 0 Å². The van der Waals surface area contributed by atoms with E-state index in [0.29, 0.717) is 5.02 Å². The zero-order valence-corrected chi connectivity index (χ0v) is 12.4. The number of hydrogen-bond acceptors (Lipinski definition) is 1. The quantitative estimate of drug-likeness (QED) is 0.843. The molecule has 1 nitrogen and oxygen atoms in total. The van der Waals surface area contributed by atoms with Crippen molar-refractivity contribution in [2.75, 3.05) is 6.54 Å². The molecule has 1 saturated heterocycles. The average molecular weight is 284 g/mol. The zero-order chi connectivity index (χ0) is 13.7. The summed E-state index contributed by atoms with van der Waals surface area (Å²) in [6.45, 7) is 3.25. The smallest absolute Gasteiger partial charge is 0.127 e. The first-order valence-electron chi connectivity index (χ1n) is 7.34. The van der Waals surface area contributed by atoms with Gasteiger partial charge in [0, 0.05) is 10.6 Å². The van der Waals surface area contributed by atoms with Crippen molar-refractivity contribution in [3.63, 3.8) is 0 Å². The highest BCUT2D eigenvalue weighted by Crippen LogP contribution is 2.29. The highest BCUT2D eigenvalue weighted by molar-refractivity contribution is 6.30. The van der Waals surface area contributed by atoms with Crippen molar-refractivity contribution in [1.82, 2.24) is 5.32 Å². The van der Waals surface area contributed by atoms with Crippen LogP contribution in [0.4, 0.5) is 4.39 Å². The van der Waals surface area contributed by atoms with E-state index in [9.17, 15) is 4.39 Å². The second-order valence-corrected chi connectivity index (χ2v) is 6.12. The van der Waals surface area contributed by atoms with Gasteiger partial charge < -0.3 is 5.32 Å². The Morgan fingerprint density at radius 2 is 2.16 bits per heavy atom. The van der Waals surface area contributed by atoms with Gasteiger partial charge in [0.05, 0.1) is 0 Å². The van der Waals surface area contributed by atoms with Gasteiger partial charge in [-0.3, -0.25) is 0 Å². The molecule has 0 bridgehead atoms. The van der Waals surface area contributed by atoms with Crippen molar-refractivity contribution in [1.29, 1.82) is 0 Å². The Labute approximate surface area is 120 Å². The van der Waals surface area contributed by atoms with Crippen LogP contribution in [0.1, 0.15) is 51.0 Å². The normalized spacial score (nSPS) is 24.2. The molecule has 3 heteroatoms. The van der Waals surface area contributed by atoms with Gasteiger partial charge in [0.25, 0.3) is 0 Å². The van der Waals surface area contributed by atoms with Crippen LogP contribution in [0.2, 0.25) is 5.02 Å². The lowest BCUT2D eigenvalue weighted by molar-refractivity contribution is 0.285. The van der Waals surface area contributed by atoms with Crippen LogP contribution in [0.25, 0.3) is 0 Å². The van der Waals surface area contributed by atoms with Gasteiger partial charge in [0.15, 0.2) is 0 Å². The van der Waals surface area contributed by atoms with Crippen LogP contribution in [0.15, 0.2) is 18.2 Å². The summed E-state index contributed by atoms with van der Waals surface area (Å²) >= 11 is 5.83. The van der Waals surface area contributed by atoms with Crippen molar-refractivity contribution in [2.45, 2.75) is 57.4 Å². The first-order valence-corrected chi connectivity index (χ1v) is 7.72. The molecular formula is C16H23ClFN. The van der Waals surface area contributed by atoms with E-state index in [2.05, 4.69) is 12.2 Å². The van der Waals surface area contributed by atoms with Crippen LogP contribution < -0.4 is 5.32 Å². The SMILES string of the molecule is CCCC1(Cc2ccc(Cl)cc2F)CCCCCN1. The minimum absolute atomic E-state index is 0.0694. The summed E-state index contributed by atoms with van der Waals surface area (Å²) in [4.78, 5) is 0. The Kier molecular flexibility index (Phi) is 5.23. The Morgan fingerprint density at radius 3 is 2.89 bits per heavy atom. The third kappa shape index (κ3) is 3.93. The molecule has 0 saturated carbocycles. The largest absolute Gasteiger partial charge is 0.311 e. The van der Waals surface area contributed by atoms with Crippen molar-refractivity contribution in [3.8, 4) is 0 Å². The first-order chi connectivity index (χ1) is 9.15. The van der Waals surface area contributed by atoms with Crippen molar-refractivity contribution in [3.05, 3.63) is 34.6 Å². The summed E-state index contributed by atoms with van der Waals surface area (Å²) in [6.07, 6.45) is 7.89. The molecule has 1 unspecified atom stereocenters. The minimum Gasteiger partial charge on any atom is -0.311 e. The maximum Gasteiger partial charge on any atom is 0.127 e. The predicted octanol–water partition coefficient (Wildman–Crippen LogP) is 4.72. The lowest BCUT2D eigenvalue weighted by atomic mass is 9.82. The standard InChI is InChI=1S/C16H23ClFN/c1-2-8-16(9-4-3-5-10-19-16)12-13-6-7-14(17)11-15(13)18/h6-7,11,19H,2-5,8-10,12H2,1H3. The van der Waals surface area contributed by atoms with E-state index < -0.39 is 0 Å². The van der Waals surface area contributed by atoms with E-state index in [-0.39, 0.29) is 11.4 Å². The summed E-state index contributed by atoms with van der Waals surface area (Å²) < 4.78 is 14.0. The van der Waals surface area contributed by atoms with Crippen molar-refractivity contribution < 1.29 is 4.39 Å². The molecule has 1 atom stereocenters. The molecule has 1 aromatic carbocycles. The van der Waals surface area contributed by atoms with E-state index in [1.807, 2.05) is 6.07 Å². The van der Waals surface area contributed by atoms with Crippen LogP contribution in [-0.4, -0.2) is 12.1 Å². The maximum absolute atomic E-state index is 14.0. The fourth-order valence-corrected chi connectivity index (χ4v) is 3.33. The molecular weight excluding hydrogens is 261 g/mol. The third-order valence-corrected chi connectivity index (χ3v) is 4.34. The van der Waals surface area contributed by atoms with Gasteiger partial charge in [-0.25, -0.2) is 4.39 Å². The minimum atomic E-state index is -0.172. The van der Waals surface area contributed by atoms with Crippen LogP contribution >= 0.6 is 11.6 Å². The predicted molar refractivity (Wildman–Crippen MR) is 79.2 cm³/mol. The van der Waals surface area contributed by atoms with E-state index in [0.717, 1.165) is 37.8 Å². The van der Waals surface area contributed by atoms with Gasteiger partial charge in [0.1, 0.15) is 5.82 Å². The molecule has 0 aromatic heterocycles. The lowest BCUT2D eigenvalue weighted by Gasteiger charge is -2.34. The van der Waals surface area contributed by atoms with Crippen LogP contribution in [0, 0.1) is 5.82 Å². The summed E-state index contributed by atoms with van der Waals surface area (Å²) in [5, 5.41) is 4.16. The van der Waals surface area contributed by atoms with E-state index in [4.69, 9.17) is 11.6 Å². The Balaban J connectivity index is 2.19. The Morgan fingerprint density at radius 1 is 1.32 bits per heavy atom. The number of nitrogens with one attached hydrogen (secondary N) is 1. The van der Waals surface area contributed by atoms with Gasteiger partial charge in [-0.05, 0) is 49.9 Å². The molecule has 1 aromatic rings. The highest BCUT2D eigenvalue weighted by atomic mass is 35.5. The average Bonchev–Trinajstić information content (AvgIpc) is 2.59. The summed E-state index contributed by atoms with van der Waals surface area (Å²) in [5.41, 5.74) is 0.854. The first kappa shape index (κ1) is 14.8. The van der Waals surface area contributed by atoms with Crippen LogP contribution in [0.3, 0.4) is 0 Å². The van der Waals surface area contributed by atoms with Crippen LogP contribution in [0.5, 0.6) is 0 Å². The van der Waals surface area contributed by atoms with Gasteiger partial charge in [0.2, 0.25) is 0 Å². The molecule has 1 N–H and O–H groups in total. The number of rotatable bonds is 4. The number of hydrogen-bond donors (Lipinski definition) is 1. The molecule has 1 aliphatic heterocycles. The van der Waals surface area contributed by atoms with E-state index in [1.54, 1.807) is 6.07 Å². The maximum atomic E-state index is 14.0. The van der Waals surface area contributed by atoms with Crippen LogP contribution in [-0.2, 0) is 6.42 Å². The molecule has 1 aliphatic rings. The second kappa shape index (κ2) is 6.71. The monoisotopic (exact) mass is 283 g/mol. The van der Waals surface area contributed by atoms with Gasteiger partial charge in [-0.1, -0.05) is 43.9 Å². The Hall–Kier alpha value is -0.600. The lowest BCUT2D eigenvalue weighted by Crippen LogP contribution is -2.46. The Bertz CT molecular complexity index is 411. The highest BCUT2D eigenvalue weighted by Gasteiger charge is 2.30. The summed E-state index contributed by atoms with van der Waals surface area (Å²) in [5.74, 6) is -0.172. The molecule has 1 heterocycles. The molecule has 0 radical (unpaired) electrons. The zero-order valence-electron chi connectivity index (χ0n) is 11.6. The molecule has 0 aliphatic carbocycles. The molecule has 0 amide bonds. The number of halogens is 2. The third-order valence-electron chi connectivity index (χ3n) is 4.10. The number of benzene rings is 1. The van der Waals surface area contributed by atoms with Crippen molar-refractivity contribution in [2.24, 2.45) is 0 Å². The molecule has 106 valence electrons. The van der Waals surface area contributed by atoms with E-state index in [1.165, 1.54) is 25.3 Å². The van der Waals surface area contributed by atoms with Gasteiger partial charge >= 0.3 is 0 Å². The molecule has 2 rings (SSSR count).